The molecule has 0 radical (unpaired) electrons. The van der Waals surface area contributed by atoms with Crippen LogP contribution in [-0.2, 0) is 0 Å². The van der Waals surface area contributed by atoms with Crippen molar-refractivity contribution in [2.75, 3.05) is 12.5 Å². The van der Waals surface area contributed by atoms with Crippen LogP contribution in [-0.4, -0.2) is 33.5 Å². The Hall–Kier alpha value is 1.30. The first-order valence-corrected chi connectivity index (χ1v) is 4.44. The van der Waals surface area contributed by atoms with Crippen LogP contribution in [0.25, 0.3) is 0 Å². The molecule has 0 heterocycles. The normalized spacial score (nSPS) is 10.2. The van der Waals surface area contributed by atoms with Gasteiger partial charge in [0, 0.05) is 0 Å². The molecule has 0 aromatic rings. The second-order valence-electron chi connectivity index (χ2n) is 1.04. The quantitative estimate of drug-likeness (QED) is 0.390. The summed E-state index contributed by atoms with van der Waals surface area (Å²) in [5, 5.41) is 0. The van der Waals surface area contributed by atoms with Crippen molar-refractivity contribution in [3.63, 3.8) is 0 Å². The fourth-order valence-electron chi connectivity index (χ4n) is 0.0962. The van der Waals surface area contributed by atoms with Crippen LogP contribution in [0.5, 0.6) is 0 Å². The molecule has 32 valence electrons. The van der Waals surface area contributed by atoms with Gasteiger partial charge in [0.15, 0.2) is 0 Å². The Morgan fingerprint density at radius 2 is 1.67 bits per heavy atom. The summed E-state index contributed by atoms with van der Waals surface area (Å²) >= 11 is 5.98. The molecular formula is C3H7LiS2. The summed E-state index contributed by atoms with van der Waals surface area (Å²) in [6, 6.07) is 0. The van der Waals surface area contributed by atoms with E-state index in [2.05, 4.69) is 30.2 Å². The fourth-order valence-corrected chi connectivity index (χ4v) is 0.866. The van der Waals surface area contributed by atoms with Crippen molar-refractivity contribution in [1.29, 1.82) is 0 Å². The average molecular weight is 114 g/mol. The topological polar surface area (TPSA) is 0 Å². The Labute approximate surface area is 57.0 Å². The molecule has 0 nitrogen and oxygen atoms in total. The third-order valence-corrected chi connectivity index (χ3v) is 3.15. The van der Waals surface area contributed by atoms with Gasteiger partial charge >= 0.3 is 57.0 Å². The van der Waals surface area contributed by atoms with Crippen molar-refractivity contribution in [3.8, 4) is 0 Å². The van der Waals surface area contributed by atoms with E-state index < -0.39 is 0 Å². The number of rotatable bonds is 2. The Balaban J connectivity index is 2.75. The van der Waals surface area contributed by atoms with Crippen LogP contribution in [0, 0.1) is 0 Å². The van der Waals surface area contributed by atoms with Gasteiger partial charge in [-0.3, -0.25) is 0 Å². The number of hydrogen-bond acceptors (Lipinski definition) is 2. The molecule has 0 rings (SSSR count). The molecule has 0 N–H and O–H groups in total. The molecule has 0 atom stereocenters. The van der Waals surface area contributed by atoms with Crippen molar-refractivity contribution < 1.29 is 0 Å². The van der Waals surface area contributed by atoms with Gasteiger partial charge in [-0.25, -0.2) is 0 Å². The predicted octanol–water partition coefficient (Wildman–Crippen LogP) is 1.16. The molecule has 0 aromatic heterocycles. The molecule has 0 saturated carbocycles. The van der Waals surface area contributed by atoms with Crippen LogP contribution < -0.4 is 0 Å². The second-order valence-corrected chi connectivity index (χ2v) is 3.69. The van der Waals surface area contributed by atoms with E-state index in [0.717, 1.165) is 3.26 Å². The summed E-state index contributed by atoms with van der Waals surface area (Å²) < 4.78 is 0.769. The minimum atomic E-state index is 0.769. The van der Waals surface area contributed by atoms with Crippen molar-refractivity contribution in [3.05, 3.63) is 0 Å². The van der Waals surface area contributed by atoms with Gasteiger partial charge in [0.2, 0.25) is 0 Å². The zero-order valence-electron chi connectivity index (χ0n) is 4.39. The van der Waals surface area contributed by atoms with E-state index >= 15 is 0 Å². The molecule has 0 aromatic carbocycles. The van der Waals surface area contributed by atoms with E-state index in [1.807, 2.05) is 23.5 Å². The van der Waals surface area contributed by atoms with Gasteiger partial charge < -0.3 is 0 Å². The summed E-state index contributed by atoms with van der Waals surface area (Å²) in [6.07, 6.45) is 4.25. The molecule has 0 aliphatic rings. The summed E-state index contributed by atoms with van der Waals surface area (Å²) in [7, 11) is 0. The molecule has 3 heteroatoms. The van der Waals surface area contributed by atoms with Gasteiger partial charge in [0.25, 0.3) is 0 Å². The molecular weight excluding hydrogens is 107 g/mol. The zero-order valence-corrected chi connectivity index (χ0v) is 6.03. The molecule has 0 amide bonds. The molecule has 0 spiro atoms. The van der Waals surface area contributed by atoms with Gasteiger partial charge in [0.05, 0.1) is 0 Å². The van der Waals surface area contributed by atoms with Crippen LogP contribution in [0.1, 0.15) is 0 Å². The zero-order chi connectivity index (χ0) is 4.99. The van der Waals surface area contributed by atoms with Gasteiger partial charge in [0.1, 0.15) is 0 Å². The molecule has 0 fully saturated rings. The first-order valence-electron chi connectivity index (χ1n) is 1.87. The first-order chi connectivity index (χ1) is 2.81. The summed E-state index contributed by atoms with van der Waals surface area (Å²) in [5.74, 6) is 0. The fraction of sp³-hybridized carbons (Fsp3) is 1.00. The van der Waals surface area contributed by atoms with Crippen molar-refractivity contribution in [1.82, 2.24) is 0 Å². The van der Waals surface area contributed by atoms with E-state index in [4.69, 9.17) is 0 Å². The molecule has 0 aliphatic carbocycles. The summed E-state index contributed by atoms with van der Waals surface area (Å²) in [4.78, 5) is 0. The molecule has 6 heavy (non-hydrogen) atoms. The van der Waals surface area contributed by atoms with Crippen LogP contribution in [0.4, 0.5) is 0 Å². The van der Waals surface area contributed by atoms with Crippen molar-refractivity contribution in [2.45, 2.75) is 3.26 Å². The van der Waals surface area contributed by atoms with Crippen LogP contribution >= 0.6 is 23.5 Å². The van der Waals surface area contributed by atoms with Crippen molar-refractivity contribution >= 4 is 41.2 Å². The Morgan fingerprint density at radius 3 is 1.67 bits per heavy atom. The SMILES string of the molecule is [Li][CH](SC)SC. The second kappa shape index (κ2) is 4.46. The average Bonchev–Trinajstić information content (AvgIpc) is 1.65. The first kappa shape index (κ1) is 7.30. The monoisotopic (exact) mass is 114 g/mol. The van der Waals surface area contributed by atoms with E-state index in [-0.39, 0.29) is 0 Å². The van der Waals surface area contributed by atoms with E-state index in [1.165, 1.54) is 0 Å². The number of hydrogen-bond donors (Lipinski definition) is 0. The van der Waals surface area contributed by atoms with Crippen LogP contribution in [0.2, 0.25) is 0 Å². The van der Waals surface area contributed by atoms with E-state index in [9.17, 15) is 0 Å². The minimum absolute atomic E-state index is 0.769. The predicted molar refractivity (Wildman–Crippen MR) is 36.6 cm³/mol. The maximum atomic E-state index is 2.20. The summed E-state index contributed by atoms with van der Waals surface area (Å²) in [6.45, 7) is 0. The Kier molecular flexibility index (Phi) is 5.42. The molecule has 0 unspecified atom stereocenters. The van der Waals surface area contributed by atoms with Gasteiger partial charge in [-0.2, -0.15) is 0 Å². The van der Waals surface area contributed by atoms with Crippen LogP contribution in [0.3, 0.4) is 0 Å². The Morgan fingerprint density at radius 1 is 1.33 bits per heavy atom. The summed E-state index contributed by atoms with van der Waals surface area (Å²) in [5.41, 5.74) is 0. The van der Waals surface area contributed by atoms with Gasteiger partial charge in [-0.1, -0.05) is 0 Å². The van der Waals surface area contributed by atoms with E-state index in [0.29, 0.717) is 0 Å². The molecule has 0 aliphatic heterocycles. The third-order valence-electron chi connectivity index (χ3n) is 0.664. The standard InChI is InChI=1S/C3H7S2.Li/c1-4-3-5-2;/h3H,1-2H3;. The number of thioether (sulfide) groups is 2. The maximum absolute atomic E-state index is 2.20. The van der Waals surface area contributed by atoms with Gasteiger partial charge in [-0.15, -0.1) is 0 Å². The molecule has 0 bridgehead atoms. The van der Waals surface area contributed by atoms with E-state index in [1.54, 1.807) is 0 Å². The van der Waals surface area contributed by atoms with Crippen molar-refractivity contribution in [2.24, 2.45) is 0 Å². The third kappa shape index (κ3) is 3.49. The molecule has 0 saturated heterocycles. The van der Waals surface area contributed by atoms with Gasteiger partial charge in [-0.05, 0) is 0 Å². The Bertz CT molecular complexity index is 28.0. The van der Waals surface area contributed by atoms with Crippen LogP contribution in [0.15, 0.2) is 0 Å².